The Morgan fingerprint density at radius 3 is 1.58 bits per heavy atom. The van der Waals surface area contributed by atoms with Crippen LogP contribution in [0.25, 0.3) is 0 Å². The van der Waals surface area contributed by atoms with Crippen LogP contribution in [-0.4, -0.2) is 51.4 Å². The molecule has 4 aromatic rings. The zero-order valence-corrected chi connectivity index (χ0v) is 25.5. The van der Waals surface area contributed by atoms with Crippen molar-refractivity contribution in [3.8, 4) is 23.0 Å². The molecule has 45 heavy (non-hydrogen) atoms. The monoisotopic (exact) mass is 624 g/mol. The van der Waals surface area contributed by atoms with E-state index < -0.39 is 21.4 Å². The number of nitrogens with one attached hydrogen (secondary N) is 1. The average Bonchev–Trinajstić information content (AvgIpc) is 3.05. The molecule has 0 aliphatic rings. The molecule has 240 valence electrons. The summed E-state index contributed by atoms with van der Waals surface area (Å²) in [7, 11) is 6.44. The second-order valence-corrected chi connectivity index (χ2v) is 9.08. The molecule has 4 rings (SSSR count). The first-order valence-electron chi connectivity index (χ1n) is 13.7. The van der Waals surface area contributed by atoms with Crippen molar-refractivity contribution in [3.05, 3.63) is 122 Å². The lowest BCUT2D eigenvalue weighted by molar-refractivity contribution is -0.387. The molecule has 0 saturated heterocycles. The summed E-state index contributed by atoms with van der Waals surface area (Å²) in [5, 5.41) is 24.0. The van der Waals surface area contributed by atoms with Gasteiger partial charge in [0.05, 0.1) is 38.3 Å². The molecule has 0 saturated carbocycles. The van der Waals surface area contributed by atoms with Crippen molar-refractivity contribution in [2.45, 2.75) is 12.8 Å². The third kappa shape index (κ3) is 11.3. The summed E-state index contributed by atoms with van der Waals surface area (Å²) >= 11 is 0. The predicted octanol–water partition coefficient (Wildman–Crippen LogP) is 6.21. The fourth-order valence-electron chi connectivity index (χ4n) is 3.96. The van der Waals surface area contributed by atoms with Gasteiger partial charge < -0.3 is 30.0 Å². The zero-order chi connectivity index (χ0) is 33.2. The summed E-state index contributed by atoms with van der Waals surface area (Å²) in [5.41, 5.74) is 7.79. The van der Waals surface area contributed by atoms with E-state index in [9.17, 15) is 24.6 Å². The predicted molar refractivity (Wildman–Crippen MR) is 170 cm³/mol. The topological polar surface area (TPSA) is 161 Å². The second-order valence-electron chi connectivity index (χ2n) is 9.08. The lowest BCUT2D eigenvalue weighted by atomic mass is 10.1. The molecule has 0 aliphatic carbocycles. The molecule has 0 atom stereocenters. The van der Waals surface area contributed by atoms with E-state index in [2.05, 4.69) is 5.32 Å². The molecule has 0 amide bonds. The van der Waals surface area contributed by atoms with Crippen LogP contribution in [0, 0.1) is 26.0 Å². The normalized spacial score (nSPS) is 9.82. The Labute approximate surface area is 260 Å². The SMILES string of the molecule is COc1ccc(CCN)cc1OC.COc1ccc(CCNc2ccccc2[N+](=O)[O-])cc1OC.O=[N+]([O-])c1ccccc1F. The number of nitrogens with zero attached hydrogens (tertiary/aromatic N) is 2. The highest BCUT2D eigenvalue weighted by atomic mass is 19.1. The van der Waals surface area contributed by atoms with Gasteiger partial charge in [-0.15, -0.1) is 0 Å². The summed E-state index contributed by atoms with van der Waals surface area (Å²) in [6, 6.07) is 23.1. The van der Waals surface area contributed by atoms with Gasteiger partial charge in [0, 0.05) is 18.7 Å². The van der Waals surface area contributed by atoms with Crippen LogP contribution in [0.1, 0.15) is 11.1 Å². The van der Waals surface area contributed by atoms with Crippen molar-refractivity contribution in [3.63, 3.8) is 0 Å². The van der Waals surface area contributed by atoms with Crippen LogP contribution in [0.5, 0.6) is 23.0 Å². The number of hydrogen-bond acceptors (Lipinski definition) is 10. The largest absolute Gasteiger partial charge is 0.493 e. The highest BCUT2D eigenvalue weighted by Crippen LogP contribution is 2.29. The van der Waals surface area contributed by atoms with Gasteiger partial charge in [0.15, 0.2) is 23.0 Å². The number of rotatable bonds is 12. The summed E-state index contributed by atoms with van der Waals surface area (Å²) in [6.45, 7) is 1.23. The third-order valence-electron chi connectivity index (χ3n) is 6.21. The molecule has 0 spiro atoms. The molecule has 0 radical (unpaired) electrons. The molecule has 3 N–H and O–H groups in total. The standard InChI is InChI=1S/C16H18N2O4.C10H15NO2.C6H4FNO2/c1-21-15-8-7-12(11-16(15)22-2)9-10-17-13-5-3-4-6-14(13)18(19)20;1-12-9-4-3-8(5-6-11)7-10(9)13-2;7-5-3-1-2-4-6(5)8(9)10/h3-8,11,17H,9-10H2,1-2H3;3-4,7H,5-6,11H2,1-2H3;1-4H. The number of para-hydroxylation sites is 3. The summed E-state index contributed by atoms with van der Waals surface area (Å²) in [6.07, 6.45) is 1.58. The number of nitro benzene ring substituents is 2. The molecule has 0 fully saturated rings. The highest BCUT2D eigenvalue weighted by molar-refractivity contribution is 5.61. The van der Waals surface area contributed by atoms with E-state index in [4.69, 9.17) is 24.7 Å². The van der Waals surface area contributed by atoms with Gasteiger partial charge in [-0.2, -0.15) is 4.39 Å². The number of methoxy groups -OCH3 is 4. The Balaban J connectivity index is 0.000000259. The molecule has 4 aromatic carbocycles. The van der Waals surface area contributed by atoms with Gasteiger partial charge in [0.25, 0.3) is 5.69 Å². The molecular formula is C32H37FN4O8. The molecule has 0 bridgehead atoms. The van der Waals surface area contributed by atoms with Crippen molar-refractivity contribution in [1.82, 2.24) is 0 Å². The second kappa shape index (κ2) is 19.0. The Bertz CT molecular complexity index is 1540. The Kier molecular flexibility index (Phi) is 15.1. The van der Waals surface area contributed by atoms with E-state index in [1.54, 1.807) is 46.6 Å². The first kappa shape index (κ1) is 35.8. The van der Waals surface area contributed by atoms with E-state index in [0.717, 1.165) is 35.6 Å². The van der Waals surface area contributed by atoms with Crippen molar-refractivity contribution in [2.24, 2.45) is 5.73 Å². The zero-order valence-electron chi connectivity index (χ0n) is 25.5. The highest BCUT2D eigenvalue weighted by Gasteiger charge is 2.12. The number of benzene rings is 4. The van der Waals surface area contributed by atoms with Gasteiger partial charge in [-0.05, 0) is 66.9 Å². The molecule has 0 aliphatic heterocycles. The van der Waals surface area contributed by atoms with E-state index >= 15 is 0 Å². The van der Waals surface area contributed by atoms with Crippen LogP contribution in [-0.2, 0) is 12.8 Å². The minimum absolute atomic E-state index is 0.0785. The van der Waals surface area contributed by atoms with Crippen LogP contribution in [0.4, 0.5) is 21.5 Å². The van der Waals surface area contributed by atoms with Crippen molar-refractivity contribution < 1.29 is 33.2 Å². The third-order valence-corrected chi connectivity index (χ3v) is 6.21. The van der Waals surface area contributed by atoms with Crippen LogP contribution in [0.2, 0.25) is 0 Å². The van der Waals surface area contributed by atoms with Gasteiger partial charge in [0.1, 0.15) is 5.69 Å². The van der Waals surface area contributed by atoms with E-state index in [-0.39, 0.29) is 5.69 Å². The first-order chi connectivity index (χ1) is 21.7. The van der Waals surface area contributed by atoms with Crippen LogP contribution < -0.4 is 30.0 Å². The smallest absolute Gasteiger partial charge is 0.304 e. The number of nitro groups is 2. The molecular weight excluding hydrogens is 587 g/mol. The van der Waals surface area contributed by atoms with Gasteiger partial charge in [-0.3, -0.25) is 20.2 Å². The molecule has 0 heterocycles. The fourth-order valence-corrected chi connectivity index (χ4v) is 3.96. The fraction of sp³-hybridized carbons (Fsp3) is 0.250. The van der Waals surface area contributed by atoms with Crippen LogP contribution >= 0.6 is 0 Å². The quantitative estimate of drug-likeness (QED) is 0.137. The molecule has 0 unspecified atom stereocenters. The maximum Gasteiger partial charge on any atom is 0.304 e. The number of nitrogens with two attached hydrogens (primary N) is 1. The maximum absolute atomic E-state index is 12.4. The maximum atomic E-state index is 12.4. The van der Waals surface area contributed by atoms with Crippen LogP contribution in [0.15, 0.2) is 84.9 Å². The van der Waals surface area contributed by atoms with Gasteiger partial charge in [-0.25, -0.2) is 0 Å². The van der Waals surface area contributed by atoms with Crippen molar-refractivity contribution in [2.75, 3.05) is 46.8 Å². The minimum atomic E-state index is -0.799. The lowest BCUT2D eigenvalue weighted by Crippen LogP contribution is -2.07. The number of hydrogen-bond donors (Lipinski definition) is 2. The molecule has 12 nitrogen and oxygen atoms in total. The number of anilines is 1. The van der Waals surface area contributed by atoms with Crippen LogP contribution in [0.3, 0.4) is 0 Å². The molecule has 0 aromatic heterocycles. The van der Waals surface area contributed by atoms with E-state index in [1.807, 2.05) is 36.4 Å². The summed E-state index contributed by atoms with van der Waals surface area (Å²) in [5.74, 6) is 2.06. The summed E-state index contributed by atoms with van der Waals surface area (Å²) < 4.78 is 33.1. The van der Waals surface area contributed by atoms with Crippen molar-refractivity contribution in [1.29, 1.82) is 0 Å². The van der Waals surface area contributed by atoms with Gasteiger partial charge >= 0.3 is 5.69 Å². The van der Waals surface area contributed by atoms with Gasteiger partial charge in [-0.1, -0.05) is 36.4 Å². The summed E-state index contributed by atoms with van der Waals surface area (Å²) in [4.78, 5) is 19.8. The lowest BCUT2D eigenvalue weighted by Gasteiger charge is -2.10. The average molecular weight is 625 g/mol. The van der Waals surface area contributed by atoms with Gasteiger partial charge in [0.2, 0.25) is 5.82 Å². The van der Waals surface area contributed by atoms with Crippen molar-refractivity contribution >= 4 is 17.1 Å². The van der Waals surface area contributed by atoms with E-state index in [1.165, 1.54) is 23.8 Å². The number of ether oxygens (including phenoxy) is 4. The molecule has 13 heteroatoms. The number of halogens is 1. The first-order valence-corrected chi connectivity index (χ1v) is 13.7. The van der Waals surface area contributed by atoms with E-state index in [0.29, 0.717) is 36.7 Å². The Morgan fingerprint density at radius 2 is 1.13 bits per heavy atom. The minimum Gasteiger partial charge on any atom is -0.493 e. The Hall–Kier alpha value is -5.43. The Morgan fingerprint density at radius 1 is 0.667 bits per heavy atom.